The molecule has 0 spiro atoms. The Morgan fingerprint density at radius 2 is 1.28 bits per heavy atom. The largest absolute Gasteiger partial charge is 0.314 e. The highest BCUT2D eigenvalue weighted by atomic mass is 15.3. The van der Waals surface area contributed by atoms with Crippen LogP contribution in [-0.4, -0.2) is 47.4 Å². The van der Waals surface area contributed by atoms with Crippen molar-refractivity contribution in [3.05, 3.63) is 17.0 Å². The fourth-order valence-corrected chi connectivity index (χ4v) is 2.18. The molecule has 0 aliphatic carbocycles. The van der Waals surface area contributed by atoms with Crippen LogP contribution in [0.15, 0.2) is 0 Å². The van der Waals surface area contributed by atoms with E-state index in [-0.39, 0.29) is 0 Å². The quantitative estimate of drug-likeness (QED) is 0.807. The van der Waals surface area contributed by atoms with Crippen molar-refractivity contribution >= 4 is 0 Å². The molecule has 1 aromatic heterocycles. The van der Waals surface area contributed by atoms with Crippen molar-refractivity contribution in [3.63, 3.8) is 0 Å². The summed E-state index contributed by atoms with van der Waals surface area (Å²) in [5.41, 5.74) is 3.81. The van der Waals surface area contributed by atoms with Gasteiger partial charge in [-0.05, 0) is 26.3 Å². The predicted molar refractivity (Wildman–Crippen MR) is 116 cm³/mol. The SMILES string of the molecule is CC.CC.CC.CCC.Cc1nn(CCN2CCNCC2)c(C)c1C. The summed E-state index contributed by atoms with van der Waals surface area (Å²) in [4.78, 5) is 2.50. The molecule has 4 heteroatoms. The Kier molecular flexibility index (Phi) is 24.5. The van der Waals surface area contributed by atoms with Gasteiger partial charge in [0.15, 0.2) is 0 Å². The lowest BCUT2D eigenvalue weighted by Crippen LogP contribution is -2.44. The molecule has 25 heavy (non-hydrogen) atoms. The van der Waals surface area contributed by atoms with Crippen LogP contribution in [0.4, 0.5) is 0 Å². The van der Waals surface area contributed by atoms with Crippen LogP contribution in [0.25, 0.3) is 0 Å². The summed E-state index contributed by atoms with van der Waals surface area (Å²) in [7, 11) is 0. The van der Waals surface area contributed by atoms with Crippen molar-refractivity contribution in [1.29, 1.82) is 0 Å². The molecule has 0 bridgehead atoms. The Hall–Kier alpha value is -0.870. The second-order valence-electron chi connectivity index (χ2n) is 5.32. The fourth-order valence-electron chi connectivity index (χ4n) is 2.18. The van der Waals surface area contributed by atoms with E-state index in [4.69, 9.17) is 0 Å². The molecule has 1 saturated heterocycles. The van der Waals surface area contributed by atoms with Crippen LogP contribution in [0.5, 0.6) is 0 Å². The van der Waals surface area contributed by atoms with Crippen molar-refractivity contribution in [2.75, 3.05) is 32.7 Å². The number of piperazine rings is 1. The number of nitrogens with zero attached hydrogens (tertiary/aromatic N) is 3. The third-order valence-corrected chi connectivity index (χ3v) is 3.58. The van der Waals surface area contributed by atoms with Gasteiger partial charge in [-0.3, -0.25) is 9.58 Å². The molecule has 0 atom stereocenters. The van der Waals surface area contributed by atoms with Gasteiger partial charge in [-0.15, -0.1) is 0 Å². The van der Waals surface area contributed by atoms with Crippen LogP contribution >= 0.6 is 0 Å². The van der Waals surface area contributed by atoms with Crippen molar-refractivity contribution in [2.45, 2.75) is 89.1 Å². The van der Waals surface area contributed by atoms with Gasteiger partial charge < -0.3 is 5.32 Å². The highest BCUT2D eigenvalue weighted by molar-refractivity contribution is 5.22. The molecule has 0 radical (unpaired) electrons. The first-order valence-corrected chi connectivity index (χ1v) is 10.5. The Bertz CT molecular complexity index is 366. The summed E-state index contributed by atoms with van der Waals surface area (Å²) < 4.78 is 2.15. The number of hydrogen-bond acceptors (Lipinski definition) is 3. The van der Waals surface area contributed by atoms with Gasteiger partial charge in [0.05, 0.1) is 12.2 Å². The second kappa shape index (κ2) is 21.2. The Labute approximate surface area is 159 Å². The zero-order valence-corrected chi connectivity index (χ0v) is 19.3. The average molecular weight is 357 g/mol. The van der Waals surface area contributed by atoms with E-state index in [9.17, 15) is 0 Å². The van der Waals surface area contributed by atoms with Gasteiger partial charge >= 0.3 is 0 Å². The third-order valence-electron chi connectivity index (χ3n) is 3.58. The minimum Gasteiger partial charge on any atom is -0.314 e. The van der Waals surface area contributed by atoms with E-state index >= 15 is 0 Å². The summed E-state index contributed by atoms with van der Waals surface area (Å²) in [6, 6.07) is 0. The van der Waals surface area contributed by atoms with E-state index in [1.54, 1.807) is 0 Å². The molecular formula is C21H48N4. The third kappa shape index (κ3) is 13.1. The summed E-state index contributed by atoms with van der Waals surface area (Å²) in [5.74, 6) is 0. The van der Waals surface area contributed by atoms with E-state index in [2.05, 4.69) is 54.6 Å². The fraction of sp³-hybridized carbons (Fsp3) is 0.857. The zero-order chi connectivity index (χ0) is 20.3. The van der Waals surface area contributed by atoms with Gasteiger partial charge in [-0.2, -0.15) is 5.10 Å². The first-order chi connectivity index (χ1) is 12.1. The molecule has 2 heterocycles. The molecule has 1 aliphatic rings. The van der Waals surface area contributed by atoms with Crippen molar-refractivity contribution < 1.29 is 0 Å². The van der Waals surface area contributed by atoms with Crippen molar-refractivity contribution in [2.24, 2.45) is 0 Å². The number of aryl methyl sites for hydroxylation is 1. The lowest BCUT2D eigenvalue weighted by Gasteiger charge is -2.27. The van der Waals surface area contributed by atoms with E-state index in [1.165, 1.54) is 17.7 Å². The summed E-state index contributed by atoms with van der Waals surface area (Å²) in [6.45, 7) is 29.3. The highest BCUT2D eigenvalue weighted by Gasteiger charge is 2.11. The molecule has 0 saturated carbocycles. The number of aromatic nitrogens is 2. The van der Waals surface area contributed by atoms with Gasteiger partial charge in [-0.25, -0.2) is 0 Å². The lowest BCUT2D eigenvalue weighted by atomic mass is 10.2. The molecule has 0 unspecified atom stereocenters. The molecule has 0 amide bonds. The van der Waals surface area contributed by atoms with Crippen molar-refractivity contribution in [3.8, 4) is 0 Å². The predicted octanol–water partition coefficient (Wildman–Crippen LogP) is 5.21. The summed E-state index contributed by atoms with van der Waals surface area (Å²) >= 11 is 0. The maximum atomic E-state index is 4.57. The Morgan fingerprint density at radius 3 is 1.64 bits per heavy atom. The van der Waals surface area contributed by atoms with Gasteiger partial charge in [0, 0.05) is 38.4 Å². The maximum absolute atomic E-state index is 4.57. The minimum atomic E-state index is 1.01. The minimum absolute atomic E-state index is 1.01. The second-order valence-corrected chi connectivity index (χ2v) is 5.32. The van der Waals surface area contributed by atoms with Gasteiger partial charge in [0.2, 0.25) is 0 Å². The first kappa shape index (κ1) is 28.9. The standard InChI is InChI=1S/C12H22N4.C3H8.3C2H6/c1-10-11(2)14-16(12(10)3)9-8-15-6-4-13-5-7-15;1-3-2;3*1-2/h13H,4-9H2,1-3H3;3H2,1-2H3;3*1-2H3. The van der Waals surface area contributed by atoms with E-state index < -0.39 is 0 Å². The van der Waals surface area contributed by atoms with Gasteiger partial charge in [0.25, 0.3) is 0 Å². The van der Waals surface area contributed by atoms with Gasteiger partial charge in [-0.1, -0.05) is 61.8 Å². The molecule has 152 valence electrons. The Balaban J connectivity index is -0.000000464. The average Bonchev–Trinajstić information content (AvgIpc) is 2.93. The first-order valence-electron chi connectivity index (χ1n) is 10.5. The molecule has 1 N–H and O–H groups in total. The number of nitrogens with one attached hydrogen (secondary N) is 1. The lowest BCUT2D eigenvalue weighted by molar-refractivity contribution is 0.228. The normalized spacial score (nSPS) is 12.9. The molecule has 1 fully saturated rings. The van der Waals surface area contributed by atoms with E-state index in [0.717, 1.165) is 45.0 Å². The van der Waals surface area contributed by atoms with Crippen molar-refractivity contribution in [1.82, 2.24) is 20.0 Å². The monoisotopic (exact) mass is 356 g/mol. The number of hydrogen-bond donors (Lipinski definition) is 1. The van der Waals surface area contributed by atoms with Crippen LogP contribution in [0, 0.1) is 20.8 Å². The molecule has 1 aromatic rings. The molecule has 4 nitrogen and oxygen atoms in total. The molecule has 0 aromatic carbocycles. The maximum Gasteiger partial charge on any atom is 0.0625 e. The van der Waals surface area contributed by atoms with Crippen LogP contribution in [0.3, 0.4) is 0 Å². The summed E-state index contributed by atoms with van der Waals surface area (Å²) in [5, 5.41) is 7.94. The highest BCUT2D eigenvalue weighted by Crippen LogP contribution is 2.10. The van der Waals surface area contributed by atoms with E-state index in [1.807, 2.05) is 41.5 Å². The zero-order valence-electron chi connectivity index (χ0n) is 19.3. The topological polar surface area (TPSA) is 33.1 Å². The van der Waals surface area contributed by atoms with Crippen LogP contribution in [0.1, 0.15) is 78.8 Å². The molecule has 2 rings (SSSR count). The molecule has 1 aliphatic heterocycles. The molecular weight excluding hydrogens is 308 g/mol. The summed E-state index contributed by atoms with van der Waals surface area (Å²) in [6.07, 6.45) is 1.25. The van der Waals surface area contributed by atoms with Crippen LogP contribution < -0.4 is 5.32 Å². The van der Waals surface area contributed by atoms with Crippen LogP contribution in [-0.2, 0) is 6.54 Å². The van der Waals surface area contributed by atoms with Crippen LogP contribution in [0.2, 0.25) is 0 Å². The number of rotatable bonds is 3. The Morgan fingerprint density at radius 1 is 0.840 bits per heavy atom. The van der Waals surface area contributed by atoms with E-state index in [0.29, 0.717) is 0 Å². The smallest absolute Gasteiger partial charge is 0.0625 e. The van der Waals surface area contributed by atoms with Gasteiger partial charge in [0.1, 0.15) is 0 Å².